The second-order valence-corrected chi connectivity index (χ2v) is 6.59. The zero-order valence-electron chi connectivity index (χ0n) is 11.8. The Bertz CT molecular complexity index is 592. The Morgan fingerprint density at radius 3 is 2.71 bits per heavy atom. The first-order valence-corrected chi connectivity index (χ1v) is 8.51. The van der Waals surface area contributed by atoms with Crippen LogP contribution >= 0.6 is 27.7 Å². The number of hydrogen-bond acceptors (Lipinski definition) is 3. The number of carbonyl (C=O) groups is 1. The first-order valence-electron chi connectivity index (χ1n) is 6.73. The third-order valence-corrected chi connectivity index (χ3v) is 5.04. The lowest BCUT2D eigenvalue weighted by atomic mass is 10.1. The fraction of sp³-hybridized carbons (Fsp3) is 0.250. The van der Waals surface area contributed by atoms with Crippen molar-refractivity contribution in [1.29, 1.82) is 0 Å². The number of pyridine rings is 1. The van der Waals surface area contributed by atoms with Crippen LogP contribution in [-0.4, -0.2) is 16.6 Å². The van der Waals surface area contributed by atoms with Gasteiger partial charge in [-0.3, -0.25) is 9.78 Å². The van der Waals surface area contributed by atoms with Gasteiger partial charge in [0.05, 0.1) is 6.04 Å². The molecule has 0 saturated heterocycles. The molecule has 0 saturated carbocycles. The molecule has 1 aromatic heterocycles. The monoisotopic (exact) mass is 364 g/mol. The minimum absolute atomic E-state index is 0.00830. The van der Waals surface area contributed by atoms with Gasteiger partial charge in [0, 0.05) is 33.9 Å². The molecule has 3 nitrogen and oxygen atoms in total. The Morgan fingerprint density at radius 1 is 1.29 bits per heavy atom. The average molecular weight is 365 g/mol. The highest BCUT2D eigenvalue weighted by Crippen LogP contribution is 2.27. The molecule has 0 bridgehead atoms. The lowest BCUT2D eigenvalue weighted by Crippen LogP contribution is -2.26. The molecular formula is C16H17BrN2OS. The van der Waals surface area contributed by atoms with Gasteiger partial charge in [-0.25, -0.2) is 0 Å². The summed E-state index contributed by atoms with van der Waals surface area (Å²) in [6.45, 7) is 1.98. The number of rotatable bonds is 6. The molecule has 1 unspecified atom stereocenters. The second-order valence-electron chi connectivity index (χ2n) is 4.60. The summed E-state index contributed by atoms with van der Waals surface area (Å²) in [6, 6.07) is 11.9. The molecule has 1 N–H and O–H groups in total. The summed E-state index contributed by atoms with van der Waals surface area (Å²) in [7, 11) is 0. The smallest absolute Gasteiger partial charge is 0.221 e. The molecule has 5 heteroatoms. The van der Waals surface area contributed by atoms with Crippen LogP contribution in [0.2, 0.25) is 0 Å². The standard InChI is InChI=1S/C16H17BrN2OS/c1-12(13-6-9-18-10-7-13)19-16(20)8-11-21-15-5-3-2-4-14(15)17/h2-7,9-10,12H,8,11H2,1H3,(H,19,20). The van der Waals surface area contributed by atoms with Gasteiger partial charge < -0.3 is 5.32 Å². The molecule has 0 fully saturated rings. The van der Waals surface area contributed by atoms with Crippen molar-refractivity contribution < 1.29 is 4.79 Å². The van der Waals surface area contributed by atoms with Crippen molar-refractivity contribution in [1.82, 2.24) is 10.3 Å². The van der Waals surface area contributed by atoms with Crippen LogP contribution in [0, 0.1) is 0 Å². The molecule has 21 heavy (non-hydrogen) atoms. The van der Waals surface area contributed by atoms with Crippen molar-refractivity contribution >= 4 is 33.6 Å². The van der Waals surface area contributed by atoms with Crippen LogP contribution in [0.15, 0.2) is 58.2 Å². The third-order valence-electron chi connectivity index (χ3n) is 3.01. The summed E-state index contributed by atoms with van der Waals surface area (Å²) >= 11 is 5.19. The lowest BCUT2D eigenvalue weighted by molar-refractivity contribution is -0.121. The normalized spacial score (nSPS) is 11.9. The van der Waals surface area contributed by atoms with Crippen molar-refractivity contribution in [2.75, 3.05) is 5.75 Å². The van der Waals surface area contributed by atoms with Gasteiger partial charge in [-0.2, -0.15) is 0 Å². The molecule has 1 atom stereocenters. The molecule has 1 aromatic carbocycles. The Balaban J connectivity index is 1.76. The zero-order chi connectivity index (χ0) is 15.1. The summed E-state index contributed by atoms with van der Waals surface area (Å²) in [5.74, 6) is 0.830. The molecule has 0 aliphatic carbocycles. The predicted molar refractivity (Wildman–Crippen MR) is 90.3 cm³/mol. The van der Waals surface area contributed by atoms with Crippen LogP contribution in [0.1, 0.15) is 24.9 Å². The number of amides is 1. The van der Waals surface area contributed by atoms with Crippen LogP contribution in [0.25, 0.3) is 0 Å². The van der Waals surface area contributed by atoms with E-state index in [1.54, 1.807) is 24.2 Å². The van der Waals surface area contributed by atoms with Crippen molar-refractivity contribution in [3.05, 3.63) is 58.8 Å². The topological polar surface area (TPSA) is 42.0 Å². The van der Waals surface area contributed by atoms with Gasteiger partial charge in [-0.05, 0) is 52.7 Å². The fourth-order valence-corrected chi connectivity index (χ4v) is 3.38. The van der Waals surface area contributed by atoms with Crippen LogP contribution in [-0.2, 0) is 4.79 Å². The van der Waals surface area contributed by atoms with E-state index in [-0.39, 0.29) is 11.9 Å². The number of aromatic nitrogens is 1. The van der Waals surface area contributed by atoms with Crippen molar-refractivity contribution in [3.63, 3.8) is 0 Å². The maximum atomic E-state index is 12.0. The number of benzene rings is 1. The SMILES string of the molecule is CC(NC(=O)CCSc1ccccc1Br)c1ccncc1. The van der Waals surface area contributed by atoms with E-state index >= 15 is 0 Å². The summed E-state index contributed by atoms with van der Waals surface area (Å²) in [6.07, 6.45) is 3.98. The quantitative estimate of drug-likeness (QED) is 0.780. The molecule has 110 valence electrons. The number of thioether (sulfide) groups is 1. The van der Waals surface area contributed by atoms with E-state index in [1.807, 2.05) is 43.3 Å². The molecule has 1 heterocycles. The number of nitrogens with zero attached hydrogens (tertiary/aromatic N) is 1. The van der Waals surface area contributed by atoms with Crippen molar-refractivity contribution in [2.45, 2.75) is 24.3 Å². The van der Waals surface area contributed by atoms with Crippen molar-refractivity contribution in [3.8, 4) is 0 Å². The van der Waals surface area contributed by atoms with E-state index in [0.717, 1.165) is 20.7 Å². The Labute approximate surface area is 137 Å². The molecule has 2 rings (SSSR count). The molecule has 2 aromatic rings. The van der Waals surface area contributed by atoms with Gasteiger partial charge in [-0.15, -0.1) is 11.8 Å². The largest absolute Gasteiger partial charge is 0.350 e. The second kappa shape index (κ2) is 8.20. The number of hydrogen-bond donors (Lipinski definition) is 1. The molecule has 0 radical (unpaired) electrons. The van der Waals surface area contributed by atoms with Gasteiger partial charge in [0.1, 0.15) is 0 Å². The summed E-state index contributed by atoms with van der Waals surface area (Å²) in [4.78, 5) is 17.1. The summed E-state index contributed by atoms with van der Waals surface area (Å²) < 4.78 is 1.07. The van der Waals surface area contributed by atoms with E-state index < -0.39 is 0 Å². The molecule has 0 aliphatic rings. The van der Waals surface area contributed by atoms with E-state index in [9.17, 15) is 4.79 Å². The van der Waals surface area contributed by atoms with E-state index in [0.29, 0.717) is 6.42 Å². The molecular weight excluding hydrogens is 348 g/mol. The molecule has 1 amide bonds. The van der Waals surface area contributed by atoms with E-state index in [4.69, 9.17) is 0 Å². The van der Waals surface area contributed by atoms with Crippen LogP contribution in [0.5, 0.6) is 0 Å². The first-order chi connectivity index (χ1) is 10.2. The van der Waals surface area contributed by atoms with Crippen LogP contribution < -0.4 is 5.32 Å². The number of carbonyl (C=O) groups excluding carboxylic acids is 1. The number of halogens is 1. The highest BCUT2D eigenvalue weighted by Gasteiger charge is 2.09. The first kappa shape index (κ1) is 16.0. The molecule has 0 aliphatic heterocycles. The van der Waals surface area contributed by atoms with Crippen molar-refractivity contribution in [2.24, 2.45) is 0 Å². The van der Waals surface area contributed by atoms with E-state index in [1.165, 1.54) is 0 Å². The predicted octanol–water partition coefficient (Wildman–Crippen LogP) is 4.20. The van der Waals surface area contributed by atoms with Gasteiger partial charge >= 0.3 is 0 Å². The van der Waals surface area contributed by atoms with Crippen LogP contribution in [0.4, 0.5) is 0 Å². The number of nitrogens with one attached hydrogen (secondary N) is 1. The minimum atomic E-state index is 0.00830. The van der Waals surface area contributed by atoms with Gasteiger partial charge in [0.2, 0.25) is 5.91 Å². The van der Waals surface area contributed by atoms with E-state index in [2.05, 4.69) is 26.2 Å². The lowest BCUT2D eigenvalue weighted by Gasteiger charge is -2.14. The summed E-state index contributed by atoms with van der Waals surface area (Å²) in [5.41, 5.74) is 1.07. The highest BCUT2D eigenvalue weighted by molar-refractivity contribution is 9.10. The van der Waals surface area contributed by atoms with Gasteiger partial charge in [0.15, 0.2) is 0 Å². The van der Waals surface area contributed by atoms with Gasteiger partial charge in [-0.1, -0.05) is 12.1 Å². The Morgan fingerprint density at radius 2 is 2.00 bits per heavy atom. The van der Waals surface area contributed by atoms with Crippen LogP contribution in [0.3, 0.4) is 0 Å². The summed E-state index contributed by atoms with van der Waals surface area (Å²) in [5, 5.41) is 3.01. The maximum Gasteiger partial charge on any atom is 0.221 e. The Kier molecular flexibility index (Phi) is 6.26. The zero-order valence-corrected chi connectivity index (χ0v) is 14.2. The average Bonchev–Trinajstić information content (AvgIpc) is 2.50. The fourth-order valence-electron chi connectivity index (χ4n) is 1.86. The third kappa shape index (κ3) is 5.17. The molecule has 0 spiro atoms. The maximum absolute atomic E-state index is 12.0. The van der Waals surface area contributed by atoms with Gasteiger partial charge in [0.25, 0.3) is 0 Å². The Hall–Kier alpha value is -1.33. The highest BCUT2D eigenvalue weighted by atomic mass is 79.9. The minimum Gasteiger partial charge on any atom is -0.350 e.